The topological polar surface area (TPSA) is 79.1 Å². The van der Waals surface area contributed by atoms with Crippen molar-refractivity contribution in [3.05, 3.63) is 124 Å². The molecule has 4 aromatic rings. The maximum Gasteiger partial charge on any atom is 0.338 e. The molecule has 5 rings (SSSR count). The number of nitrogens with zero attached hydrogens (tertiary/aromatic N) is 2. The van der Waals surface area contributed by atoms with E-state index in [1.54, 1.807) is 39.2 Å². The second kappa shape index (κ2) is 12.4. The molecule has 0 radical (unpaired) electrons. The summed E-state index contributed by atoms with van der Waals surface area (Å²) in [6, 6.07) is 18.3. The Bertz CT molecular complexity index is 1810. The molecule has 0 spiro atoms. The van der Waals surface area contributed by atoms with Crippen molar-refractivity contribution in [2.24, 2.45) is 4.99 Å². The van der Waals surface area contributed by atoms with Crippen molar-refractivity contribution in [1.82, 2.24) is 4.57 Å². The Labute approximate surface area is 253 Å². The lowest BCUT2D eigenvalue weighted by Gasteiger charge is -2.24. The Morgan fingerprint density at radius 2 is 1.85 bits per heavy atom. The number of carbonyl (C=O) groups is 1. The summed E-state index contributed by atoms with van der Waals surface area (Å²) >= 11 is 3.46. The molecule has 3 aromatic carbocycles. The molecule has 0 saturated carbocycles. The van der Waals surface area contributed by atoms with Crippen LogP contribution in [-0.4, -0.2) is 24.3 Å². The summed E-state index contributed by atoms with van der Waals surface area (Å²) in [5, 5.41) is 0. The van der Waals surface area contributed by atoms with Crippen LogP contribution in [0.3, 0.4) is 0 Å². The first-order valence-electron chi connectivity index (χ1n) is 12.8. The van der Waals surface area contributed by atoms with Gasteiger partial charge in [-0.15, -0.1) is 0 Å². The van der Waals surface area contributed by atoms with E-state index in [2.05, 4.69) is 27.6 Å². The fraction of sp³-hybridized carbons (Fsp3) is 0.194. The maximum absolute atomic E-state index is 13.8. The highest BCUT2D eigenvalue weighted by molar-refractivity contribution is 14.1. The Balaban J connectivity index is 1.57. The van der Waals surface area contributed by atoms with Gasteiger partial charge in [0.2, 0.25) is 0 Å². The van der Waals surface area contributed by atoms with Crippen molar-refractivity contribution in [3.8, 4) is 11.5 Å². The number of halogens is 2. The molecule has 41 heavy (non-hydrogen) atoms. The van der Waals surface area contributed by atoms with Crippen LogP contribution in [0.25, 0.3) is 6.08 Å². The fourth-order valence-electron chi connectivity index (χ4n) is 4.60. The number of rotatable bonds is 8. The highest BCUT2D eigenvalue weighted by Gasteiger charge is 2.33. The van der Waals surface area contributed by atoms with E-state index in [1.165, 1.54) is 28.0 Å². The van der Waals surface area contributed by atoms with E-state index in [1.807, 2.05) is 42.5 Å². The van der Waals surface area contributed by atoms with Crippen molar-refractivity contribution in [3.63, 3.8) is 0 Å². The summed E-state index contributed by atoms with van der Waals surface area (Å²) in [5.41, 5.74) is 2.55. The molecule has 7 nitrogen and oxygen atoms in total. The number of thiazole rings is 1. The van der Waals surface area contributed by atoms with Gasteiger partial charge in [0.05, 0.1) is 35.6 Å². The maximum atomic E-state index is 13.8. The molecule has 1 aliphatic heterocycles. The number of hydrogen-bond donors (Lipinski definition) is 0. The number of carbonyl (C=O) groups excluding carboxylic acids is 1. The lowest BCUT2D eigenvalue weighted by Crippen LogP contribution is -2.39. The number of allylic oxidation sites excluding steroid dienone is 1. The number of hydrogen-bond acceptors (Lipinski definition) is 7. The lowest BCUT2D eigenvalue weighted by atomic mass is 9.96. The summed E-state index contributed by atoms with van der Waals surface area (Å²) in [6.07, 6.45) is 1.78. The molecule has 1 unspecified atom stereocenters. The van der Waals surface area contributed by atoms with E-state index in [0.29, 0.717) is 26.3 Å². The molecule has 0 saturated heterocycles. The molecule has 1 aromatic heterocycles. The van der Waals surface area contributed by atoms with Crippen molar-refractivity contribution in [2.75, 3.05) is 13.7 Å². The van der Waals surface area contributed by atoms with Crippen LogP contribution in [0.4, 0.5) is 4.39 Å². The molecular weight excluding hydrogens is 658 g/mol. The molecule has 1 atom stereocenters. The van der Waals surface area contributed by atoms with Gasteiger partial charge in [0.15, 0.2) is 4.80 Å². The summed E-state index contributed by atoms with van der Waals surface area (Å²) < 4.78 is 33.6. The van der Waals surface area contributed by atoms with E-state index < -0.39 is 17.8 Å². The van der Waals surface area contributed by atoms with Gasteiger partial charge in [0, 0.05) is 9.13 Å². The van der Waals surface area contributed by atoms with Crippen LogP contribution in [0.5, 0.6) is 11.5 Å². The van der Waals surface area contributed by atoms with Gasteiger partial charge < -0.3 is 14.2 Å². The van der Waals surface area contributed by atoms with Gasteiger partial charge in [-0.1, -0.05) is 29.5 Å². The van der Waals surface area contributed by atoms with Crippen LogP contribution in [0, 0.1) is 9.39 Å². The van der Waals surface area contributed by atoms with Gasteiger partial charge in [-0.3, -0.25) is 9.36 Å². The van der Waals surface area contributed by atoms with Crippen molar-refractivity contribution in [2.45, 2.75) is 26.5 Å². The zero-order chi connectivity index (χ0) is 29.1. The first kappa shape index (κ1) is 28.7. The molecule has 0 aliphatic carbocycles. The zero-order valence-electron chi connectivity index (χ0n) is 22.5. The predicted molar refractivity (Wildman–Crippen MR) is 163 cm³/mol. The Hall–Kier alpha value is -3.77. The SMILES string of the molecule is CCOC(=O)C1=C(C)N=c2s/c(=C\c3ccc(OC)c(COc4ccc(I)cc4)c3)c(=O)n2C1c1ccc(F)cc1. The van der Waals surface area contributed by atoms with E-state index in [-0.39, 0.29) is 24.3 Å². The Kier molecular flexibility index (Phi) is 8.69. The third-order valence-corrected chi connectivity index (χ3v) is 8.22. The number of methoxy groups -OCH3 is 1. The standard InChI is InChI=1S/C31H26FIN2O5S/c1-4-39-30(37)27-18(2)34-31-35(28(27)20-6-8-22(32)9-7-20)29(36)26(41-31)16-19-5-14-25(38-3)21(15-19)17-40-24-12-10-23(33)11-13-24/h5-16,28H,4,17H2,1-3H3/b26-16-. The van der Waals surface area contributed by atoms with Gasteiger partial charge in [-0.2, -0.15) is 0 Å². The monoisotopic (exact) mass is 684 g/mol. The predicted octanol–water partition coefficient (Wildman–Crippen LogP) is 5.13. The normalized spacial score (nSPS) is 14.9. The highest BCUT2D eigenvalue weighted by atomic mass is 127. The average molecular weight is 685 g/mol. The third kappa shape index (κ3) is 6.13. The van der Waals surface area contributed by atoms with Crippen LogP contribution in [0.1, 0.15) is 36.6 Å². The van der Waals surface area contributed by atoms with Crippen LogP contribution >= 0.6 is 33.9 Å². The largest absolute Gasteiger partial charge is 0.496 e. The lowest BCUT2D eigenvalue weighted by molar-refractivity contribution is -0.139. The van der Waals surface area contributed by atoms with Crippen molar-refractivity contribution < 1.29 is 23.4 Å². The Morgan fingerprint density at radius 3 is 2.54 bits per heavy atom. The molecule has 1 aliphatic rings. The van der Waals surface area contributed by atoms with Gasteiger partial charge in [0.25, 0.3) is 5.56 Å². The number of ether oxygens (including phenoxy) is 3. The van der Waals surface area contributed by atoms with Crippen LogP contribution in [-0.2, 0) is 16.1 Å². The number of aromatic nitrogens is 1. The van der Waals surface area contributed by atoms with Gasteiger partial charge >= 0.3 is 5.97 Å². The smallest absolute Gasteiger partial charge is 0.338 e. The zero-order valence-corrected chi connectivity index (χ0v) is 25.5. The van der Waals surface area contributed by atoms with Gasteiger partial charge in [-0.25, -0.2) is 14.2 Å². The number of esters is 1. The highest BCUT2D eigenvalue weighted by Crippen LogP contribution is 2.31. The molecular formula is C31H26FIN2O5S. The second-order valence-corrected chi connectivity index (χ2v) is 11.4. The Morgan fingerprint density at radius 1 is 1.12 bits per heavy atom. The summed E-state index contributed by atoms with van der Waals surface area (Å²) in [5.74, 6) is 0.422. The average Bonchev–Trinajstić information content (AvgIpc) is 3.26. The quantitative estimate of drug-likeness (QED) is 0.190. The number of benzene rings is 3. The molecule has 0 amide bonds. The first-order valence-corrected chi connectivity index (χ1v) is 14.7. The second-order valence-electron chi connectivity index (χ2n) is 9.17. The van der Waals surface area contributed by atoms with Gasteiger partial charge in [0.1, 0.15) is 23.9 Å². The molecule has 10 heteroatoms. The minimum Gasteiger partial charge on any atom is -0.496 e. The third-order valence-electron chi connectivity index (χ3n) is 6.51. The van der Waals surface area contributed by atoms with Gasteiger partial charge in [-0.05, 0) is 102 Å². The van der Waals surface area contributed by atoms with Crippen molar-refractivity contribution in [1.29, 1.82) is 0 Å². The molecule has 0 fully saturated rings. The van der Waals surface area contributed by atoms with E-state index >= 15 is 0 Å². The molecule has 0 N–H and O–H groups in total. The summed E-state index contributed by atoms with van der Waals surface area (Å²) in [4.78, 5) is 31.9. The molecule has 2 heterocycles. The van der Waals surface area contributed by atoms with E-state index in [9.17, 15) is 14.0 Å². The minimum atomic E-state index is -0.804. The molecule has 210 valence electrons. The first-order chi connectivity index (χ1) is 19.8. The van der Waals surface area contributed by atoms with Crippen LogP contribution < -0.4 is 24.4 Å². The minimum absolute atomic E-state index is 0.170. The fourth-order valence-corrected chi connectivity index (χ4v) is 6.00. The van der Waals surface area contributed by atoms with Crippen LogP contribution in [0.2, 0.25) is 0 Å². The van der Waals surface area contributed by atoms with E-state index in [4.69, 9.17) is 14.2 Å². The van der Waals surface area contributed by atoms with Crippen LogP contribution in [0.15, 0.2) is 87.8 Å². The number of fused-ring (bicyclic) bond motifs is 1. The van der Waals surface area contributed by atoms with Crippen molar-refractivity contribution >= 4 is 46.0 Å². The summed E-state index contributed by atoms with van der Waals surface area (Å²) in [6.45, 7) is 3.87. The summed E-state index contributed by atoms with van der Waals surface area (Å²) in [7, 11) is 1.60. The van der Waals surface area contributed by atoms with E-state index in [0.717, 1.165) is 20.4 Å². The molecule has 0 bridgehead atoms.